The summed E-state index contributed by atoms with van der Waals surface area (Å²) in [4.78, 5) is 12.6. The van der Waals surface area contributed by atoms with Gasteiger partial charge in [0.15, 0.2) is 0 Å². The summed E-state index contributed by atoms with van der Waals surface area (Å²) in [6.45, 7) is 3.11. The van der Waals surface area contributed by atoms with Crippen LogP contribution < -0.4 is 15.4 Å². The van der Waals surface area contributed by atoms with Crippen LogP contribution in [0.5, 0.6) is 5.75 Å². The van der Waals surface area contributed by atoms with Crippen molar-refractivity contribution in [3.8, 4) is 5.75 Å². The van der Waals surface area contributed by atoms with E-state index in [1.807, 2.05) is 30.3 Å². The molecule has 1 fully saturated rings. The van der Waals surface area contributed by atoms with E-state index in [0.717, 1.165) is 37.1 Å². The molecule has 1 heterocycles. The van der Waals surface area contributed by atoms with Gasteiger partial charge in [-0.05, 0) is 48.8 Å². The van der Waals surface area contributed by atoms with E-state index in [9.17, 15) is 4.79 Å². The number of amides is 1. The number of hydrogen-bond acceptors (Lipinski definition) is 4. The lowest BCUT2D eigenvalue weighted by atomic mass is 9.78. The molecule has 0 aromatic heterocycles. The van der Waals surface area contributed by atoms with Gasteiger partial charge in [0, 0.05) is 7.11 Å². The summed E-state index contributed by atoms with van der Waals surface area (Å²) >= 11 is 0. The molecule has 1 aliphatic rings. The van der Waals surface area contributed by atoms with E-state index in [0.29, 0.717) is 19.8 Å². The van der Waals surface area contributed by atoms with Crippen molar-refractivity contribution in [2.75, 3.05) is 40.0 Å². The second-order valence-corrected chi connectivity index (χ2v) is 6.58. The number of ether oxygens (including phenoxy) is 2. The molecule has 1 amide bonds. The average Bonchev–Trinajstić information content (AvgIpc) is 2.66. The first-order chi connectivity index (χ1) is 12.2. The number of piperidine rings is 1. The van der Waals surface area contributed by atoms with Crippen LogP contribution in [-0.2, 0) is 9.53 Å². The summed E-state index contributed by atoms with van der Waals surface area (Å²) in [7, 11) is 1.65. The van der Waals surface area contributed by atoms with Gasteiger partial charge in [-0.2, -0.15) is 0 Å². The maximum Gasteiger partial charge on any atom is 0.228 e. The fourth-order valence-electron chi connectivity index (χ4n) is 3.40. The van der Waals surface area contributed by atoms with Crippen molar-refractivity contribution in [1.29, 1.82) is 0 Å². The second-order valence-electron chi connectivity index (χ2n) is 6.58. The summed E-state index contributed by atoms with van der Waals surface area (Å²) in [5, 5.41) is 8.65. The predicted molar refractivity (Wildman–Crippen MR) is 98.9 cm³/mol. The zero-order chi connectivity index (χ0) is 17.5. The lowest BCUT2D eigenvalue weighted by Gasteiger charge is -2.35. The molecule has 5 nitrogen and oxygen atoms in total. The maximum absolute atomic E-state index is 12.6. The summed E-state index contributed by atoms with van der Waals surface area (Å²) in [6.07, 6.45) is 1.61. The van der Waals surface area contributed by atoms with E-state index in [1.54, 1.807) is 7.11 Å². The molecule has 2 aromatic carbocycles. The Morgan fingerprint density at radius 2 is 1.92 bits per heavy atom. The summed E-state index contributed by atoms with van der Waals surface area (Å²) < 4.78 is 11.1. The van der Waals surface area contributed by atoms with E-state index < -0.39 is 5.41 Å². The zero-order valence-electron chi connectivity index (χ0n) is 14.7. The van der Waals surface area contributed by atoms with Crippen LogP contribution in [0.25, 0.3) is 10.8 Å². The lowest BCUT2D eigenvalue weighted by molar-refractivity contribution is -0.136. The average molecular weight is 342 g/mol. The van der Waals surface area contributed by atoms with E-state index in [1.165, 1.54) is 5.39 Å². The third kappa shape index (κ3) is 4.30. The number of hydrogen-bond donors (Lipinski definition) is 2. The molecule has 0 bridgehead atoms. The van der Waals surface area contributed by atoms with Gasteiger partial charge in [-0.25, -0.2) is 0 Å². The van der Waals surface area contributed by atoms with Crippen LogP contribution in [0.2, 0.25) is 0 Å². The molecule has 5 heteroatoms. The number of carbonyl (C=O) groups excluding carboxylic acids is 1. The van der Waals surface area contributed by atoms with Crippen molar-refractivity contribution in [3.05, 3.63) is 42.5 Å². The van der Waals surface area contributed by atoms with Gasteiger partial charge < -0.3 is 20.1 Å². The highest BCUT2D eigenvalue weighted by Gasteiger charge is 2.39. The Morgan fingerprint density at radius 1 is 1.16 bits per heavy atom. The van der Waals surface area contributed by atoms with Gasteiger partial charge in [0.2, 0.25) is 5.91 Å². The Hall–Kier alpha value is -2.11. The van der Waals surface area contributed by atoms with Crippen molar-refractivity contribution in [1.82, 2.24) is 10.6 Å². The number of rotatable bonds is 7. The first kappa shape index (κ1) is 17.7. The highest BCUT2D eigenvalue weighted by Crippen LogP contribution is 2.29. The van der Waals surface area contributed by atoms with Crippen molar-refractivity contribution in [2.45, 2.75) is 12.8 Å². The third-order valence-corrected chi connectivity index (χ3v) is 4.84. The number of fused-ring (bicyclic) bond motifs is 1. The Morgan fingerprint density at radius 3 is 2.68 bits per heavy atom. The molecule has 0 spiro atoms. The molecule has 0 radical (unpaired) electrons. The summed E-state index contributed by atoms with van der Waals surface area (Å²) in [5.74, 6) is 0.888. The van der Waals surface area contributed by atoms with Crippen molar-refractivity contribution in [2.24, 2.45) is 5.41 Å². The highest BCUT2D eigenvalue weighted by atomic mass is 16.5. The molecular formula is C20H26N2O3. The van der Waals surface area contributed by atoms with Gasteiger partial charge >= 0.3 is 0 Å². The molecule has 0 aliphatic carbocycles. The van der Waals surface area contributed by atoms with Crippen LogP contribution in [-0.4, -0.2) is 45.9 Å². The number of carbonyl (C=O) groups is 1. The van der Waals surface area contributed by atoms with Gasteiger partial charge in [-0.15, -0.1) is 0 Å². The first-order valence-corrected chi connectivity index (χ1v) is 8.83. The number of nitrogens with one attached hydrogen (secondary N) is 2. The maximum atomic E-state index is 12.6. The van der Waals surface area contributed by atoms with Gasteiger partial charge in [0.05, 0.1) is 18.6 Å². The topological polar surface area (TPSA) is 59.6 Å². The molecule has 134 valence electrons. The fraction of sp³-hybridized carbons (Fsp3) is 0.450. The van der Waals surface area contributed by atoms with Crippen molar-refractivity contribution >= 4 is 16.7 Å². The third-order valence-electron chi connectivity index (χ3n) is 4.84. The van der Waals surface area contributed by atoms with E-state index in [2.05, 4.69) is 22.8 Å². The Bertz CT molecular complexity index is 705. The van der Waals surface area contributed by atoms with Gasteiger partial charge in [-0.1, -0.05) is 30.3 Å². The largest absolute Gasteiger partial charge is 0.492 e. The molecule has 1 aliphatic heterocycles. The van der Waals surface area contributed by atoms with Crippen molar-refractivity contribution in [3.63, 3.8) is 0 Å². The SMILES string of the molecule is COCC1(C(=O)NCCOc2ccc3ccccc3c2)CCNCC1. The molecule has 3 rings (SSSR count). The molecule has 1 saturated heterocycles. The van der Waals surface area contributed by atoms with Crippen LogP contribution >= 0.6 is 0 Å². The minimum absolute atomic E-state index is 0.0676. The molecule has 0 unspecified atom stereocenters. The van der Waals surface area contributed by atoms with Crippen molar-refractivity contribution < 1.29 is 14.3 Å². The predicted octanol–water partition coefficient (Wildman–Crippen LogP) is 2.35. The van der Waals surface area contributed by atoms with E-state index >= 15 is 0 Å². The monoisotopic (exact) mass is 342 g/mol. The summed E-state index contributed by atoms with van der Waals surface area (Å²) in [6, 6.07) is 14.2. The first-order valence-electron chi connectivity index (χ1n) is 8.83. The van der Waals surface area contributed by atoms with Crippen LogP contribution in [0.4, 0.5) is 0 Å². The van der Waals surface area contributed by atoms with Crippen LogP contribution in [0, 0.1) is 5.41 Å². The Kier molecular flexibility index (Phi) is 5.89. The molecule has 2 aromatic rings. The minimum Gasteiger partial charge on any atom is -0.492 e. The lowest BCUT2D eigenvalue weighted by Crippen LogP contribution is -2.50. The smallest absolute Gasteiger partial charge is 0.228 e. The molecule has 0 atom stereocenters. The quantitative estimate of drug-likeness (QED) is 0.759. The van der Waals surface area contributed by atoms with Crippen LogP contribution in [0.1, 0.15) is 12.8 Å². The fourth-order valence-corrected chi connectivity index (χ4v) is 3.40. The summed E-state index contributed by atoms with van der Waals surface area (Å²) in [5.41, 5.74) is -0.414. The second kappa shape index (κ2) is 8.32. The molecular weight excluding hydrogens is 316 g/mol. The Labute approximate surface area is 148 Å². The Balaban J connectivity index is 1.50. The highest BCUT2D eigenvalue weighted by molar-refractivity contribution is 5.84. The molecule has 0 saturated carbocycles. The van der Waals surface area contributed by atoms with Gasteiger partial charge in [0.25, 0.3) is 0 Å². The number of benzene rings is 2. The minimum atomic E-state index is -0.414. The zero-order valence-corrected chi connectivity index (χ0v) is 14.7. The molecule has 2 N–H and O–H groups in total. The number of methoxy groups -OCH3 is 1. The van der Waals surface area contributed by atoms with Crippen LogP contribution in [0.3, 0.4) is 0 Å². The van der Waals surface area contributed by atoms with E-state index in [-0.39, 0.29) is 5.91 Å². The normalized spacial score (nSPS) is 16.5. The van der Waals surface area contributed by atoms with E-state index in [4.69, 9.17) is 9.47 Å². The van der Waals surface area contributed by atoms with Gasteiger partial charge in [-0.3, -0.25) is 4.79 Å². The van der Waals surface area contributed by atoms with Gasteiger partial charge in [0.1, 0.15) is 12.4 Å². The standard InChI is InChI=1S/C20H26N2O3/c1-24-15-20(8-10-21-11-9-20)19(23)22-12-13-25-18-7-6-16-4-2-3-5-17(16)14-18/h2-7,14,21H,8-13,15H2,1H3,(H,22,23). The van der Waals surface area contributed by atoms with Crippen LogP contribution in [0.15, 0.2) is 42.5 Å². The molecule has 25 heavy (non-hydrogen) atoms.